The van der Waals surface area contributed by atoms with Gasteiger partial charge in [0, 0.05) is 5.75 Å². The minimum Gasteiger partial charge on any atom is -0.480 e. The molecule has 0 fully saturated rings. The largest absolute Gasteiger partial charge is 0.480 e. The van der Waals surface area contributed by atoms with Gasteiger partial charge in [0.2, 0.25) is 17.7 Å². The molecular weight excluding hydrogens is 372 g/mol. The van der Waals surface area contributed by atoms with Crippen molar-refractivity contribution in [3.63, 3.8) is 0 Å². The molecule has 0 aromatic heterocycles. The summed E-state index contributed by atoms with van der Waals surface area (Å²) in [5.74, 6) is -2.78. The lowest BCUT2D eigenvalue weighted by molar-refractivity contribution is -0.143. The fourth-order valence-electron chi connectivity index (χ4n) is 2.26. The van der Waals surface area contributed by atoms with Crippen LogP contribution in [-0.2, 0) is 19.2 Å². The zero-order chi connectivity index (χ0) is 21.1. The molecule has 0 bridgehead atoms. The maximum Gasteiger partial charge on any atom is 0.326 e. The van der Waals surface area contributed by atoms with Crippen molar-refractivity contribution in [1.29, 1.82) is 0 Å². The number of rotatable bonds is 12. The molecule has 10 heteroatoms. The van der Waals surface area contributed by atoms with Crippen LogP contribution in [0, 0.1) is 11.8 Å². The maximum absolute atomic E-state index is 12.4. The Labute approximate surface area is 165 Å². The number of thiol groups is 1. The van der Waals surface area contributed by atoms with E-state index in [9.17, 15) is 24.3 Å². The van der Waals surface area contributed by atoms with E-state index in [-0.39, 0.29) is 24.1 Å². The first-order valence-electron chi connectivity index (χ1n) is 9.00. The van der Waals surface area contributed by atoms with Gasteiger partial charge in [-0.2, -0.15) is 12.6 Å². The highest BCUT2D eigenvalue weighted by atomic mass is 32.1. The summed E-state index contributed by atoms with van der Waals surface area (Å²) >= 11 is 3.95. The minimum atomic E-state index is -1.13. The standard InChI is InChI=1S/C17H32N4O5S/c1-5-10(4)14(17(25)26)21-13(22)7-19-16(24)12(6-9(2)3)20-15(23)11(18)8-27/h9-12,14,27H,5-8,18H2,1-4H3,(H,19,24)(H,20,23)(H,21,22)(H,25,26). The first-order chi connectivity index (χ1) is 12.5. The number of carboxylic acid groups (broad SMARTS) is 1. The highest BCUT2D eigenvalue weighted by Crippen LogP contribution is 2.08. The van der Waals surface area contributed by atoms with E-state index >= 15 is 0 Å². The predicted molar refractivity (Wildman–Crippen MR) is 105 cm³/mol. The first kappa shape index (κ1) is 25.2. The van der Waals surface area contributed by atoms with Gasteiger partial charge in [0.15, 0.2) is 0 Å². The second kappa shape index (κ2) is 12.6. The van der Waals surface area contributed by atoms with Crippen molar-refractivity contribution < 1.29 is 24.3 Å². The Bertz CT molecular complexity index is 529. The minimum absolute atomic E-state index is 0.115. The molecule has 0 heterocycles. The third-order valence-corrected chi connectivity index (χ3v) is 4.49. The molecule has 4 atom stereocenters. The van der Waals surface area contributed by atoms with Crippen LogP contribution in [0.25, 0.3) is 0 Å². The molecule has 0 aromatic rings. The third kappa shape index (κ3) is 9.62. The molecule has 0 saturated heterocycles. The summed E-state index contributed by atoms with van der Waals surface area (Å²) in [5.41, 5.74) is 5.60. The number of nitrogens with two attached hydrogens (primary N) is 1. The lowest BCUT2D eigenvalue weighted by atomic mass is 9.99. The van der Waals surface area contributed by atoms with Crippen LogP contribution in [0.4, 0.5) is 0 Å². The predicted octanol–water partition coefficient (Wildman–Crippen LogP) is -0.494. The van der Waals surface area contributed by atoms with Crippen LogP contribution in [-0.4, -0.2) is 59.2 Å². The van der Waals surface area contributed by atoms with E-state index in [1.54, 1.807) is 6.92 Å². The van der Waals surface area contributed by atoms with Crippen LogP contribution in [0.1, 0.15) is 40.5 Å². The molecule has 0 saturated carbocycles. The zero-order valence-electron chi connectivity index (χ0n) is 16.3. The number of carboxylic acids is 1. The molecule has 27 heavy (non-hydrogen) atoms. The van der Waals surface area contributed by atoms with E-state index < -0.39 is 41.8 Å². The van der Waals surface area contributed by atoms with Crippen molar-refractivity contribution in [3.05, 3.63) is 0 Å². The van der Waals surface area contributed by atoms with Gasteiger partial charge in [-0.15, -0.1) is 0 Å². The van der Waals surface area contributed by atoms with Gasteiger partial charge >= 0.3 is 5.97 Å². The topological polar surface area (TPSA) is 151 Å². The smallest absolute Gasteiger partial charge is 0.326 e. The fraction of sp³-hybridized carbons (Fsp3) is 0.765. The maximum atomic E-state index is 12.4. The zero-order valence-corrected chi connectivity index (χ0v) is 17.2. The molecule has 156 valence electrons. The Hall–Kier alpha value is -1.81. The lowest BCUT2D eigenvalue weighted by Gasteiger charge is -2.23. The van der Waals surface area contributed by atoms with E-state index in [2.05, 4.69) is 28.6 Å². The van der Waals surface area contributed by atoms with Crippen molar-refractivity contribution >= 4 is 36.3 Å². The number of hydrogen-bond acceptors (Lipinski definition) is 6. The molecule has 0 aliphatic heterocycles. The van der Waals surface area contributed by atoms with Gasteiger partial charge in [0.25, 0.3) is 0 Å². The Balaban J connectivity index is 4.80. The van der Waals surface area contributed by atoms with E-state index in [4.69, 9.17) is 5.73 Å². The second-order valence-corrected chi connectivity index (χ2v) is 7.33. The Morgan fingerprint density at radius 2 is 1.67 bits per heavy atom. The highest BCUT2D eigenvalue weighted by molar-refractivity contribution is 7.80. The average Bonchev–Trinajstić information content (AvgIpc) is 2.61. The molecule has 9 nitrogen and oxygen atoms in total. The summed E-state index contributed by atoms with van der Waals surface area (Å²) in [5, 5.41) is 16.6. The van der Waals surface area contributed by atoms with Crippen molar-refractivity contribution in [1.82, 2.24) is 16.0 Å². The average molecular weight is 405 g/mol. The lowest BCUT2D eigenvalue weighted by Crippen LogP contribution is -2.54. The molecule has 0 radical (unpaired) electrons. The molecule has 6 N–H and O–H groups in total. The molecular formula is C17H32N4O5S. The molecule has 4 unspecified atom stereocenters. The number of nitrogens with one attached hydrogen (secondary N) is 3. The summed E-state index contributed by atoms with van der Waals surface area (Å²) in [6, 6.07) is -2.72. The monoisotopic (exact) mass is 404 g/mol. The summed E-state index contributed by atoms with van der Waals surface area (Å²) < 4.78 is 0. The van der Waals surface area contributed by atoms with Crippen LogP contribution in [0.15, 0.2) is 0 Å². The van der Waals surface area contributed by atoms with Gasteiger partial charge in [-0.1, -0.05) is 34.1 Å². The van der Waals surface area contributed by atoms with Gasteiger partial charge in [0.05, 0.1) is 12.6 Å². The molecule has 3 amide bonds. The SMILES string of the molecule is CCC(C)C(NC(=O)CNC(=O)C(CC(C)C)NC(=O)C(N)CS)C(=O)O. The van der Waals surface area contributed by atoms with Crippen molar-refractivity contribution in [3.8, 4) is 0 Å². The number of hydrogen-bond donors (Lipinski definition) is 6. The van der Waals surface area contributed by atoms with E-state index in [1.807, 2.05) is 20.8 Å². The highest BCUT2D eigenvalue weighted by Gasteiger charge is 2.27. The number of carbonyl (C=O) groups is 4. The fourth-order valence-corrected chi connectivity index (χ4v) is 2.43. The van der Waals surface area contributed by atoms with Crippen LogP contribution in [0.2, 0.25) is 0 Å². The second-order valence-electron chi connectivity index (χ2n) is 6.97. The van der Waals surface area contributed by atoms with Crippen LogP contribution >= 0.6 is 12.6 Å². The third-order valence-electron chi connectivity index (χ3n) is 4.09. The quantitative estimate of drug-likeness (QED) is 0.242. The van der Waals surface area contributed by atoms with Crippen molar-refractivity contribution in [2.45, 2.75) is 58.7 Å². The molecule has 0 spiro atoms. The summed E-state index contributed by atoms with van der Waals surface area (Å²) in [6.45, 7) is 6.94. The summed E-state index contributed by atoms with van der Waals surface area (Å²) in [6.07, 6.45) is 0.945. The molecule has 0 rings (SSSR count). The number of aliphatic carboxylic acids is 1. The Morgan fingerprint density at radius 1 is 1.07 bits per heavy atom. The Morgan fingerprint density at radius 3 is 2.11 bits per heavy atom. The normalized spacial score (nSPS) is 15.4. The van der Waals surface area contributed by atoms with E-state index in [0.717, 1.165) is 0 Å². The van der Waals surface area contributed by atoms with Gasteiger partial charge in [-0.05, 0) is 18.3 Å². The summed E-state index contributed by atoms with van der Waals surface area (Å²) in [4.78, 5) is 47.5. The van der Waals surface area contributed by atoms with Gasteiger partial charge < -0.3 is 26.8 Å². The van der Waals surface area contributed by atoms with Gasteiger partial charge in [0.1, 0.15) is 12.1 Å². The molecule has 0 aliphatic rings. The van der Waals surface area contributed by atoms with E-state index in [1.165, 1.54) is 0 Å². The first-order valence-corrected chi connectivity index (χ1v) is 9.63. The van der Waals surface area contributed by atoms with Crippen LogP contribution < -0.4 is 21.7 Å². The summed E-state index contributed by atoms with van der Waals surface area (Å²) in [7, 11) is 0. The van der Waals surface area contributed by atoms with Crippen LogP contribution in [0.3, 0.4) is 0 Å². The van der Waals surface area contributed by atoms with Crippen molar-refractivity contribution in [2.75, 3.05) is 12.3 Å². The molecule has 0 aromatic carbocycles. The van der Waals surface area contributed by atoms with Crippen LogP contribution in [0.5, 0.6) is 0 Å². The number of amides is 3. The molecule has 0 aliphatic carbocycles. The van der Waals surface area contributed by atoms with Gasteiger partial charge in [-0.25, -0.2) is 4.79 Å². The van der Waals surface area contributed by atoms with Gasteiger partial charge in [-0.3, -0.25) is 14.4 Å². The Kier molecular flexibility index (Phi) is 11.7. The number of carbonyl (C=O) groups excluding carboxylic acids is 3. The van der Waals surface area contributed by atoms with Crippen molar-refractivity contribution in [2.24, 2.45) is 17.6 Å². The van der Waals surface area contributed by atoms with E-state index in [0.29, 0.717) is 12.8 Å².